The molecule has 84 valence electrons. The first kappa shape index (κ1) is 12.0. The van der Waals surface area contributed by atoms with Gasteiger partial charge in [-0.2, -0.15) is 0 Å². The van der Waals surface area contributed by atoms with Crippen LogP contribution < -0.4 is 11.1 Å². The number of nitrogens with one attached hydrogen (secondary N) is 1. The van der Waals surface area contributed by atoms with Crippen LogP contribution in [0.2, 0.25) is 0 Å². The molecule has 0 bridgehead atoms. The first-order chi connectivity index (χ1) is 6.21. The van der Waals surface area contributed by atoms with E-state index in [0.717, 1.165) is 19.4 Å². The summed E-state index contributed by atoms with van der Waals surface area (Å²) < 4.78 is 0. The SMILES string of the molecule is CC(C)(N)CC(C)(C)C1CC(O)CN1. The summed E-state index contributed by atoms with van der Waals surface area (Å²) in [5.74, 6) is 0. The predicted octanol–water partition coefficient (Wildman–Crippen LogP) is 0.863. The van der Waals surface area contributed by atoms with Gasteiger partial charge in [-0.3, -0.25) is 0 Å². The summed E-state index contributed by atoms with van der Waals surface area (Å²) in [6, 6.07) is 0.389. The Hall–Kier alpha value is -0.120. The Bertz CT molecular complexity index is 196. The normalized spacial score (nSPS) is 29.6. The lowest BCUT2D eigenvalue weighted by Gasteiger charge is -2.37. The molecule has 4 N–H and O–H groups in total. The zero-order valence-electron chi connectivity index (χ0n) is 9.80. The van der Waals surface area contributed by atoms with Crippen molar-refractivity contribution in [3.63, 3.8) is 0 Å². The van der Waals surface area contributed by atoms with Crippen LogP contribution in [0.3, 0.4) is 0 Å². The Morgan fingerprint density at radius 3 is 2.29 bits per heavy atom. The average molecular weight is 200 g/mol. The summed E-state index contributed by atoms with van der Waals surface area (Å²) in [6.07, 6.45) is 1.63. The molecule has 0 aromatic heterocycles. The van der Waals surface area contributed by atoms with Crippen LogP contribution in [0.1, 0.15) is 40.5 Å². The summed E-state index contributed by atoms with van der Waals surface area (Å²) >= 11 is 0. The Morgan fingerprint density at radius 2 is 1.93 bits per heavy atom. The summed E-state index contributed by atoms with van der Waals surface area (Å²) in [5, 5.41) is 12.8. The number of β-amino-alcohol motifs (C(OH)–C–C–N with tert-alkyl or cyclic N) is 1. The summed E-state index contributed by atoms with van der Waals surface area (Å²) in [6.45, 7) is 9.27. The highest BCUT2D eigenvalue weighted by atomic mass is 16.3. The van der Waals surface area contributed by atoms with Gasteiger partial charge in [0.15, 0.2) is 0 Å². The summed E-state index contributed by atoms with van der Waals surface area (Å²) in [5.41, 5.74) is 6.04. The second kappa shape index (κ2) is 3.80. The van der Waals surface area contributed by atoms with E-state index >= 15 is 0 Å². The van der Waals surface area contributed by atoms with Gasteiger partial charge in [-0.1, -0.05) is 13.8 Å². The highest BCUT2D eigenvalue weighted by Crippen LogP contribution is 2.34. The molecule has 1 aliphatic heterocycles. The standard InChI is InChI=1S/C11H24N2O/c1-10(2,7-11(3,4)12)9-5-8(14)6-13-9/h8-9,13-14H,5-7,12H2,1-4H3. The van der Waals surface area contributed by atoms with Crippen LogP contribution in [0.5, 0.6) is 0 Å². The molecule has 0 amide bonds. The number of hydrogen-bond donors (Lipinski definition) is 3. The highest BCUT2D eigenvalue weighted by molar-refractivity contribution is 4.95. The molecule has 2 atom stereocenters. The number of rotatable bonds is 3. The minimum atomic E-state index is -0.180. The second-order valence-electron chi connectivity index (χ2n) is 6.00. The van der Waals surface area contributed by atoms with Crippen molar-refractivity contribution in [1.82, 2.24) is 5.32 Å². The number of nitrogens with two attached hydrogens (primary N) is 1. The molecule has 1 fully saturated rings. The molecule has 0 aromatic carbocycles. The van der Waals surface area contributed by atoms with Gasteiger partial charge in [0, 0.05) is 18.1 Å². The smallest absolute Gasteiger partial charge is 0.0679 e. The Morgan fingerprint density at radius 1 is 1.36 bits per heavy atom. The van der Waals surface area contributed by atoms with Gasteiger partial charge in [-0.15, -0.1) is 0 Å². The lowest BCUT2D eigenvalue weighted by Crippen LogP contribution is -2.45. The lowest BCUT2D eigenvalue weighted by atomic mass is 9.74. The number of hydrogen-bond acceptors (Lipinski definition) is 3. The molecule has 2 unspecified atom stereocenters. The first-order valence-electron chi connectivity index (χ1n) is 5.41. The van der Waals surface area contributed by atoms with Crippen molar-refractivity contribution in [1.29, 1.82) is 0 Å². The van der Waals surface area contributed by atoms with E-state index in [0.29, 0.717) is 6.04 Å². The molecule has 14 heavy (non-hydrogen) atoms. The fourth-order valence-electron chi connectivity index (χ4n) is 2.61. The van der Waals surface area contributed by atoms with E-state index in [1.807, 2.05) is 0 Å². The van der Waals surface area contributed by atoms with Crippen LogP contribution >= 0.6 is 0 Å². The molecule has 1 rings (SSSR count). The molecule has 0 aliphatic carbocycles. The first-order valence-corrected chi connectivity index (χ1v) is 5.41. The third-order valence-corrected chi connectivity index (χ3v) is 2.96. The largest absolute Gasteiger partial charge is 0.392 e. The molecule has 0 spiro atoms. The van der Waals surface area contributed by atoms with E-state index in [-0.39, 0.29) is 17.1 Å². The summed E-state index contributed by atoms with van der Waals surface area (Å²) in [7, 11) is 0. The van der Waals surface area contributed by atoms with Gasteiger partial charge in [0.1, 0.15) is 0 Å². The third kappa shape index (κ3) is 3.23. The van der Waals surface area contributed by atoms with Crippen LogP contribution in [0.15, 0.2) is 0 Å². The van der Waals surface area contributed by atoms with Crippen LogP contribution in [0.25, 0.3) is 0 Å². The zero-order chi connectivity index (χ0) is 11.0. The second-order valence-corrected chi connectivity index (χ2v) is 6.00. The molecule has 0 radical (unpaired) electrons. The monoisotopic (exact) mass is 200 g/mol. The van der Waals surface area contributed by atoms with Gasteiger partial charge in [0.05, 0.1) is 6.10 Å². The minimum absolute atomic E-state index is 0.140. The molecule has 1 aliphatic rings. The van der Waals surface area contributed by atoms with Crippen molar-refractivity contribution in [3.05, 3.63) is 0 Å². The molecular weight excluding hydrogens is 176 g/mol. The maximum atomic E-state index is 9.47. The van der Waals surface area contributed by atoms with Crippen LogP contribution in [-0.2, 0) is 0 Å². The van der Waals surface area contributed by atoms with E-state index in [4.69, 9.17) is 5.73 Å². The van der Waals surface area contributed by atoms with Gasteiger partial charge in [0.2, 0.25) is 0 Å². The van der Waals surface area contributed by atoms with E-state index in [2.05, 4.69) is 33.0 Å². The van der Waals surface area contributed by atoms with Gasteiger partial charge < -0.3 is 16.2 Å². The molecule has 3 nitrogen and oxygen atoms in total. The molecule has 0 saturated carbocycles. The average Bonchev–Trinajstić information content (AvgIpc) is 2.29. The Kier molecular flexibility index (Phi) is 3.24. The Balaban J connectivity index is 2.56. The summed E-state index contributed by atoms with van der Waals surface area (Å²) in [4.78, 5) is 0. The van der Waals surface area contributed by atoms with Crippen molar-refractivity contribution < 1.29 is 5.11 Å². The molecular formula is C11H24N2O. The lowest BCUT2D eigenvalue weighted by molar-refractivity contribution is 0.161. The van der Waals surface area contributed by atoms with Crippen molar-refractivity contribution in [2.45, 2.75) is 58.2 Å². The van der Waals surface area contributed by atoms with E-state index < -0.39 is 0 Å². The number of aliphatic hydroxyl groups is 1. The molecule has 0 aromatic rings. The predicted molar refractivity (Wildman–Crippen MR) is 59.1 cm³/mol. The van der Waals surface area contributed by atoms with Gasteiger partial charge >= 0.3 is 0 Å². The maximum Gasteiger partial charge on any atom is 0.0679 e. The van der Waals surface area contributed by atoms with Gasteiger partial charge in [-0.05, 0) is 32.1 Å². The van der Waals surface area contributed by atoms with Crippen molar-refractivity contribution in [2.24, 2.45) is 11.1 Å². The van der Waals surface area contributed by atoms with Crippen molar-refractivity contribution >= 4 is 0 Å². The van der Waals surface area contributed by atoms with Gasteiger partial charge in [-0.25, -0.2) is 0 Å². The van der Waals surface area contributed by atoms with Crippen LogP contribution in [0, 0.1) is 5.41 Å². The highest BCUT2D eigenvalue weighted by Gasteiger charge is 2.37. The van der Waals surface area contributed by atoms with Crippen LogP contribution in [0.4, 0.5) is 0 Å². The topological polar surface area (TPSA) is 58.3 Å². The molecule has 1 saturated heterocycles. The molecule has 1 heterocycles. The quantitative estimate of drug-likeness (QED) is 0.633. The fraction of sp³-hybridized carbons (Fsp3) is 1.00. The maximum absolute atomic E-state index is 9.47. The number of aliphatic hydroxyl groups excluding tert-OH is 1. The third-order valence-electron chi connectivity index (χ3n) is 2.96. The molecule has 3 heteroatoms. The Labute approximate surface area is 87.1 Å². The van der Waals surface area contributed by atoms with E-state index in [9.17, 15) is 5.11 Å². The van der Waals surface area contributed by atoms with Gasteiger partial charge in [0.25, 0.3) is 0 Å². The van der Waals surface area contributed by atoms with Crippen molar-refractivity contribution in [3.8, 4) is 0 Å². The minimum Gasteiger partial charge on any atom is -0.392 e. The van der Waals surface area contributed by atoms with Crippen molar-refractivity contribution in [2.75, 3.05) is 6.54 Å². The van der Waals surface area contributed by atoms with E-state index in [1.165, 1.54) is 0 Å². The fourth-order valence-corrected chi connectivity index (χ4v) is 2.61. The van der Waals surface area contributed by atoms with Crippen LogP contribution in [-0.4, -0.2) is 29.3 Å². The van der Waals surface area contributed by atoms with E-state index in [1.54, 1.807) is 0 Å². The zero-order valence-corrected chi connectivity index (χ0v) is 9.80.